The number of nitrogens with zero attached hydrogens (tertiary/aromatic N) is 1. The molecule has 0 spiro atoms. The number of hydrogen-bond donors (Lipinski definition) is 0. The average molecular weight is 256 g/mol. The van der Waals surface area contributed by atoms with Crippen molar-refractivity contribution in [3.63, 3.8) is 0 Å². The second kappa shape index (κ2) is 3.71. The number of aromatic nitrogens is 1. The van der Waals surface area contributed by atoms with Crippen molar-refractivity contribution in [1.29, 1.82) is 0 Å². The largest absolute Gasteiger partial charge is 0.261 e. The van der Waals surface area contributed by atoms with Crippen molar-refractivity contribution >= 4 is 30.6 Å². The molecule has 0 saturated heterocycles. The normalized spacial score (nSPS) is 11.9. The van der Waals surface area contributed by atoms with Crippen molar-refractivity contribution in [1.82, 2.24) is 4.98 Å². The first-order chi connectivity index (χ1) is 7.38. The third kappa shape index (κ3) is 2.03. The van der Waals surface area contributed by atoms with Gasteiger partial charge < -0.3 is 0 Å². The highest BCUT2D eigenvalue weighted by molar-refractivity contribution is 8.13. The van der Waals surface area contributed by atoms with E-state index in [0.717, 1.165) is 22.0 Å². The quantitative estimate of drug-likeness (QED) is 0.736. The van der Waals surface area contributed by atoms with Crippen molar-refractivity contribution in [2.75, 3.05) is 0 Å². The Morgan fingerprint density at radius 2 is 1.88 bits per heavy atom. The molecule has 0 radical (unpaired) electrons. The van der Waals surface area contributed by atoms with Gasteiger partial charge in [0, 0.05) is 22.3 Å². The van der Waals surface area contributed by atoms with E-state index in [2.05, 4.69) is 4.98 Å². The molecule has 2 rings (SSSR count). The predicted molar refractivity (Wildman–Crippen MR) is 64.3 cm³/mol. The summed E-state index contributed by atoms with van der Waals surface area (Å²) < 4.78 is 22.5. The van der Waals surface area contributed by atoms with Crippen molar-refractivity contribution in [3.8, 4) is 0 Å². The van der Waals surface area contributed by atoms with Crippen LogP contribution in [0.2, 0.25) is 0 Å². The molecule has 1 aromatic carbocycles. The van der Waals surface area contributed by atoms with E-state index in [1.807, 2.05) is 19.9 Å². The van der Waals surface area contributed by atoms with Crippen LogP contribution in [0.3, 0.4) is 0 Å². The summed E-state index contributed by atoms with van der Waals surface area (Å²) in [6, 6.07) is 4.97. The Hall–Kier alpha value is -1.13. The number of aryl methyl sites for hydroxylation is 2. The minimum atomic E-state index is -3.69. The molecule has 84 valence electrons. The second-order valence-electron chi connectivity index (χ2n) is 3.76. The van der Waals surface area contributed by atoms with E-state index < -0.39 is 9.05 Å². The lowest BCUT2D eigenvalue weighted by molar-refractivity contribution is 0.609. The van der Waals surface area contributed by atoms with Gasteiger partial charge in [0.05, 0.1) is 10.4 Å². The molecule has 0 unspecified atom stereocenters. The smallest absolute Gasteiger partial charge is 0.256 e. The molecule has 0 aliphatic heterocycles. The van der Waals surface area contributed by atoms with Gasteiger partial charge in [-0.1, -0.05) is 0 Å². The Morgan fingerprint density at radius 3 is 2.50 bits per heavy atom. The zero-order chi connectivity index (χ0) is 11.9. The van der Waals surface area contributed by atoms with Gasteiger partial charge in [0.25, 0.3) is 9.05 Å². The molecule has 0 saturated carbocycles. The lowest BCUT2D eigenvalue weighted by Gasteiger charge is -2.04. The van der Waals surface area contributed by atoms with Gasteiger partial charge in [0.1, 0.15) is 0 Å². The fourth-order valence-corrected chi connectivity index (χ4v) is 2.50. The van der Waals surface area contributed by atoms with Gasteiger partial charge in [-0.15, -0.1) is 0 Å². The van der Waals surface area contributed by atoms with E-state index in [9.17, 15) is 8.42 Å². The Bertz CT molecular complexity index is 665. The van der Waals surface area contributed by atoms with E-state index in [4.69, 9.17) is 10.7 Å². The summed E-state index contributed by atoms with van der Waals surface area (Å²) in [6.45, 7) is 3.72. The van der Waals surface area contributed by atoms with Crippen LogP contribution in [0.1, 0.15) is 11.1 Å². The maximum absolute atomic E-state index is 11.3. The van der Waals surface area contributed by atoms with Crippen LogP contribution in [-0.2, 0) is 9.05 Å². The van der Waals surface area contributed by atoms with Crippen LogP contribution in [0.4, 0.5) is 0 Å². The Labute approximate surface area is 98.5 Å². The number of halogens is 1. The molecule has 16 heavy (non-hydrogen) atoms. The molecule has 2 aromatic rings. The van der Waals surface area contributed by atoms with Gasteiger partial charge in [-0.25, -0.2) is 8.42 Å². The zero-order valence-corrected chi connectivity index (χ0v) is 10.4. The van der Waals surface area contributed by atoms with Crippen LogP contribution in [0, 0.1) is 13.8 Å². The predicted octanol–water partition coefficient (Wildman–Crippen LogP) is 2.78. The minimum absolute atomic E-state index is 0.117. The molecule has 1 aromatic heterocycles. The molecule has 0 bridgehead atoms. The van der Waals surface area contributed by atoms with Gasteiger partial charge >= 0.3 is 0 Å². The SMILES string of the molecule is Cc1cnc2c(C)cc(S(=O)(=O)Cl)cc2c1. The molecular weight excluding hydrogens is 246 g/mol. The molecule has 1 heterocycles. The van der Waals surface area contributed by atoms with Crippen molar-refractivity contribution in [2.45, 2.75) is 18.7 Å². The summed E-state index contributed by atoms with van der Waals surface area (Å²) in [7, 11) is 1.64. The summed E-state index contributed by atoms with van der Waals surface area (Å²) in [5.41, 5.74) is 2.59. The molecular formula is C11H10ClNO2S. The fourth-order valence-electron chi connectivity index (χ4n) is 1.65. The van der Waals surface area contributed by atoms with Gasteiger partial charge in [-0.3, -0.25) is 4.98 Å². The minimum Gasteiger partial charge on any atom is -0.256 e. The summed E-state index contributed by atoms with van der Waals surface area (Å²) in [5.74, 6) is 0. The Morgan fingerprint density at radius 1 is 1.19 bits per heavy atom. The van der Waals surface area contributed by atoms with Crippen LogP contribution >= 0.6 is 10.7 Å². The number of benzene rings is 1. The van der Waals surface area contributed by atoms with Crippen molar-refractivity contribution in [3.05, 3.63) is 35.5 Å². The summed E-state index contributed by atoms with van der Waals surface area (Å²) >= 11 is 0. The highest BCUT2D eigenvalue weighted by Gasteiger charge is 2.12. The molecule has 0 amide bonds. The first-order valence-electron chi connectivity index (χ1n) is 4.69. The van der Waals surface area contributed by atoms with E-state index in [1.165, 1.54) is 6.07 Å². The van der Waals surface area contributed by atoms with Crippen LogP contribution in [0.5, 0.6) is 0 Å². The lowest BCUT2D eigenvalue weighted by Crippen LogP contribution is -1.93. The van der Waals surface area contributed by atoms with Gasteiger partial charge in [-0.2, -0.15) is 0 Å². The van der Waals surface area contributed by atoms with Crippen LogP contribution < -0.4 is 0 Å². The highest BCUT2D eigenvalue weighted by atomic mass is 35.7. The van der Waals surface area contributed by atoms with Crippen molar-refractivity contribution in [2.24, 2.45) is 0 Å². The monoisotopic (exact) mass is 255 g/mol. The zero-order valence-electron chi connectivity index (χ0n) is 8.86. The van der Waals surface area contributed by atoms with E-state index in [1.54, 1.807) is 12.3 Å². The summed E-state index contributed by atoms with van der Waals surface area (Å²) in [6.07, 6.45) is 1.75. The lowest BCUT2D eigenvalue weighted by atomic mass is 10.1. The highest BCUT2D eigenvalue weighted by Crippen LogP contribution is 2.24. The molecule has 0 aliphatic rings. The first kappa shape index (κ1) is 11.4. The number of pyridine rings is 1. The third-order valence-corrected chi connectivity index (χ3v) is 3.70. The van der Waals surface area contributed by atoms with Crippen LogP contribution in [-0.4, -0.2) is 13.4 Å². The molecule has 0 N–H and O–H groups in total. The van der Waals surface area contributed by atoms with Crippen molar-refractivity contribution < 1.29 is 8.42 Å². The molecule has 3 nitrogen and oxygen atoms in total. The van der Waals surface area contributed by atoms with E-state index >= 15 is 0 Å². The van der Waals surface area contributed by atoms with Crippen LogP contribution in [0.25, 0.3) is 10.9 Å². The topological polar surface area (TPSA) is 47.0 Å². The molecule has 5 heteroatoms. The summed E-state index contributed by atoms with van der Waals surface area (Å²) in [5, 5.41) is 0.791. The second-order valence-corrected chi connectivity index (χ2v) is 6.33. The molecule has 0 aliphatic carbocycles. The standard InChI is InChI=1S/C11H10ClNO2S/c1-7-3-9-5-10(16(12,14)15)4-8(2)11(9)13-6-7/h3-6H,1-2H3. The van der Waals surface area contributed by atoms with Gasteiger partial charge in [-0.05, 0) is 43.2 Å². The third-order valence-electron chi connectivity index (χ3n) is 2.37. The van der Waals surface area contributed by atoms with Gasteiger partial charge in [0.15, 0.2) is 0 Å². The van der Waals surface area contributed by atoms with E-state index in [-0.39, 0.29) is 4.90 Å². The Balaban J connectivity index is 2.85. The number of rotatable bonds is 1. The first-order valence-corrected chi connectivity index (χ1v) is 7.00. The fraction of sp³-hybridized carbons (Fsp3) is 0.182. The van der Waals surface area contributed by atoms with Crippen LogP contribution in [0.15, 0.2) is 29.3 Å². The maximum Gasteiger partial charge on any atom is 0.261 e. The maximum atomic E-state index is 11.3. The van der Waals surface area contributed by atoms with Gasteiger partial charge in [0.2, 0.25) is 0 Å². The summed E-state index contributed by atoms with van der Waals surface area (Å²) in [4.78, 5) is 4.38. The average Bonchev–Trinajstić information content (AvgIpc) is 2.15. The number of fused-ring (bicyclic) bond motifs is 1. The number of hydrogen-bond acceptors (Lipinski definition) is 3. The molecule has 0 fully saturated rings. The van der Waals surface area contributed by atoms with E-state index in [0.29, 0.717) is 0 Å². The Kier molecular flexibility index (Phi) is 2.64. The molecule has 0 atom stereocenters.